The summed E-state index contributed by atoms with van der Waals surface area (Å²) in [6, 6.07) is 7.29. The molecule has 1 aliphatic heterocycles. The Bertz CT molecular complexity index is 770. The van der Waals surface area contributed by atoms with E-state index in [1.54, 1.807) is 12.1 Å². The Morgan fingerprint density at radius 2 is 2.12 bits per heavy atom. The molecular weight excluding hydrogens is 326 g/mol. The van der Waals surface area contributed by atoms with Gasteiger partial charge in [0.1, 0.15) is 0 Å². The average molecular weight is 348 g/mol. The van der Waals surface area contributed by atoms with E-state index in [9.17, 15) is 13.6 Å². The van der Waals surface area contributed by atoms with E-state index in [1.807, 2.05) is 18.3 Å². The molecular formula is C19H22F2N2O2. The largest absolute Gasteiger partial charge is 0.381 e. The first kappa shape index (κ1) is 16.5. The second-order valence-electron chi connectivity index (χ2n) is 7.22. The smallest absolute Gasteiger partial charge is 0.256 e. The molecule has 6 heteroatoms. The summed E-state index contributed by atoms with van der Waals surface area (Å²) in [5.74, 6) is -3.35. The minimum Gasteiger partial charge on any atom is -0.381 e. The Kier molecular flexibility index (Phi) is 4.23. The van der Waals surface area contributed by atoms with Gasteiger partial charge in [-0.15, -0.1) is 0 Å². The minimum atomic E-state index is -2.77. The first-order valence-electron chi connectivity index (χ1n) is 8.85. The summed E-state index contributed by atoms with van der Waals surface area (Å²) in [4.78, 5) is 17.4. The first-order valence-corrected chi connectivity index (χ1v) is 8.85. The Labute approximate surface area is 145 Å². The van der Waals surface area contributed by atoms with Crippen LogP contribution in [-0.2, 0) is 4.74 Å². The van der Waals surface area contributed by atoms with Gasteiger partial charge >= 0.3 is 0 Å². The fourth-order valence-electron chi connectivity index (χ4n) is 3.37. The lowest BCUT2D eigenvalue weighted by molar-refractivity contribution is -0.122. The highest BCUT2D eigenvalue weighted by Crippen LogP contribution is 2.35. The number of rotatable bonds is 5. The van der Waals surface area contributed by atoms with Crippen LogP contribution in [0, 0.1) is 11.8 Å². The third kappa shape index (κ3) is 3.54. The van der Waals surface area contributed by atoms with Crippen molar-refractivity contribution in [1.82, 2.24) is 9.88 Å². The molecule has 2 heterocycles. The maximum Gasteiger partial charge on any atom is 0.256 e. The maximum atomic E-state index is 14.2. The number of benzene rings is 1. The van der Waals surface area contributed by atoms with Gasteiger partial charge in [0.05, 0.1) is 12.5 Å². The van der Waals surface area contributed by atoms with Gasteiger partial charge in [-0.25, -0.2) is 8.78 Å². The van der Waals surface area contributed by atoms with Gasteiger partial charge in [0.2, 0.25) is 0 Å². The minimum absolute atomic E-state index is 0.0180. The first-order chi connectivity index (χ1) is 12.0. The number of halogens is 2. The van der Waals surface area contributed by atoms with E-state index in [-0.39, 0.29) is 32.0 Å². The number of hydrogen-bond acceptors (Lipinski definition) is 2. The van der Waals surface area contributed by atoms with Gasteiger partial charge in [-0.3, -0.25) is 4.79 Å². The number of piperidine rings is 1. The fraction of sp³-hybridized carbons (Fsp3) is 0.526. The van der Waals surface area contributed by atoms with Crippen LogP contribution in [0.15, 0.2) is 30.5 Å². The summed E-state index contributed by atoms with van der Waals surface area (Å²) in [5, 5.41) is 0.942. The van der Waals surface area contributed by atoms with Crippen LogP contribution in [0.2, 0.25) is 0 Å². The van der Waals surface area contributed by atoms with E-state index in [0.29, 0.717) is 18.1 Å². The van der Waals surface area contributed by atoms with Gasteiger partial charge in [0.15, 0.2) is 0 Å². The van der Waals surface area contributed by atoms with E-state index in [1.165, 1.54) is 4.90 Å². The van der Waals surface area contributed by atoms with E-state index >= 15 is 0 Å². The van der Waals surface area contributed by atoms with Crippen LogP contribution in [-0.4, -0.2) is 48.0 Å². The van der Waals surface area contributed by atoms with Crippen LogP contribution in [0.1, 0.15) is 29.6 Å². The summed E-state index contributed by atoms with van der Waals surface area (Å²) in [5.41, 5.74) is 1.49. The molecule has 2 fully saturated rings. The Morgan fingerprint density at radius 1 is 1.28 bits per heavy atom. The number of carbonyl (C=O) groups is 1. The third-order valence-electron chi connectivity index (χ3n) is 5.21. The van der Waals surface area contributed by atoms with Crippen molar-refractivity contribution in [3.8, 4) is 0 Å². The topological polar surface area (TPSA) is 45.3 Å². The number of aromatic nitrogens is 1. The highest BCUT2D eigenvalue weighted by Gasteiger charge is 2.45. The van der Waals surface area contributed by atoms with Gasteiger partial charge in [-0.05, 0) is 43.0 Å². The molecule has 1 aromatic heterocycles. The molecule has 2 aliphatic rings. The van der Waals surface area contributed by atoms with Crippen molar-refractivity contribution in [2.45, 2.75) is 25.2 Å². The Morgan fingerprint density at radius 3 is 2.92 bits per heavy atom. The molecule has 25 heavy (non-hydrogen) atoms. The Balaban J connectivity index is 1.44. The fourth-order valence-corrected chi connectivity index (χ4v) is 3.37. The number of likely N-dealkylation sites (tertiary alicyclic amines) is 1. The van der Waals surface area contributed by atoms with Gasteiger partial charge < -0.3 is 14.6 Å². The van der Waals surface area contributed by atoms with Crippen molar-refractivity contribution in [2.24, 2.45) is 11.8 Å². The molecule has 1 aromatic carbocycles. The predicted molar refractivity (Wildman–Crippen MR) is 90.8 cm³/mol. The predicted octanol–water partition coefficient (Wildman–Crippen LogP) is 3.69. The van der Waals surface area contributed by atoms with Crippen molar-refractivity contribution >= 4 is 16.8 Å². The van der Waals surface area contributed by atoms with Crippen LogP contribution >= 0.6 is 0 Å². The monoisotopic (exact) mass is 348 g/mol. The molecule has 1 aliphatic carbocycles. The molecule has 1 saturated heterocycles. The van der Waals surface area contributed by atoms with E-state index in [0.717, 1.165) is 23.7 Å². The number of hydrogen-bond donors (Lipinski definition) is 1. The maximum absolute atomic E-state index is 14.2. The number of nitrogens with one attached hydrogen (secondary N) is 1. The number of alkyl halides is 2. The van der Waals surface area contributed by atoms with Crippen LogP contribution in [0.25, 0.3) is 10.9 Å². The lowest BCUT2D eigenvalue weighted by Crippen LogP contribution is -2.50. The second-order valence-corrected chi connectivity index (χ2v) is 7.22. The summed E-state index contributed by atoms with van der Waals surface area (Å²) in [6.07, 6.45) is 3.77. The molecule has 1 saturated carbocycles. The van der Waals surface area contributed by atoms with Gasteiger partial charge in [-0.2, -0.15) is 0 Å². The van der Waals surface area contributed by atoms with Crippen molar-refractivity contribution < 1.29 is 18.3 Å². The normalized spacial score (nSPS) is 23.1. The molecule has 1 unspecified atom stereocenters. The quantitative estimate of drug-likeness (QED) is 0.896. The lowest BCUT2D eigenvalue weighted by atomic mass is 9.93. The zero-order chi connectivity index (χ0) is 17.4. The van der Waals surface area contributed by atoms with Gasteiger partial charge in [-0.1, -0.05) is 0 Å². The molecule has 1 amide bonds. The SMILES string of the molecule is O=C(c1ccc2[nH]ccc2c1)N1CCC(F)(F)C(COCC2CC2)C1. The van der Waals surface area contributed by atoms with Crippen molar-refractivity contribution in [1.29, 1.82) is 0 Å². The highest BCUT2D eigenvalue weighted by atomic mass is 19.3. The zero-order valence-corrected chi connectivity index (χ0v) is 14.0. The van der Waals surface area contributed by atoms with Gasteiger partial charge in [0, 0.05) is 48.8 Å². The van der Waals surface area contributed by atoms with E-state index < -0.39 is 11.8 Å². The molecule has 2 aromatic rings. The molecule has 0 spiro atoms. The number of amides is 1. The number of ether oxygens (including phenoxy) is 1. The number of fused-ring (bicyclic) bond motifs is 1. The van der Waals surface area contributed by atoms with Crippen LogP contribution in [0.4, 0.5) is 8.78 Å². The number of nitrogens with zero attached hydrogens (tertiary/aromatic N) is 1. The highest BCUT2D eigenvalue weighted by molar-refractivity contribution is 5.98. The number of aromatic amines is 1. The van der Waals surface area contributed by atoms with Crippen LogP contribution < -0.4 is 0 Å². The molecule has 134 valence electrons. The van der Waals surface area contributed by atoms with Gasteiger partial charge in [0.25, 0.3) is 11.8 Å². The summed E-state index contributed by atoms with van der Waals surface area (Å²) in [6.45, 7) is 0.701. The Hall–Kier alpha value is -1.95. The molecule has 0 radical (unpaired) electrons. The second kappa shape index (κ2) is 6.41. The summed E-state index contributed by atoms with van der Waals surface area (Å²) >= 11 is 0. The standard InChI is InChI=1S/C19H22F2N2O2/c20-19(21)6-8-23(10-16(19)12-25-11-13-1-2-13)18(24)15-3-4-17-14(9-15)5-7-22-17/h3-5,7,9,13,16,22H,1-2,6,8,10-12H2. The zero-order valence-electron chi connectivity index (χ0n) is 14.0. The lowest BCUT2D eigenvalue weighted by Gasteiger charge is -2.38. The van der Waals surface area contributed by atoms with Crippen LogP contribution in [0.3, 0.4) is 0 Å². The van der Waals surface area contributed by atoms with Crippen LogP contribution in [0.5, 0.6) is 0 Å². The third-order valence-corrected chi connectivity index (χ3v) is 5.21. The van der Waals surface area contributed by atoms with E-state index in [4.69, 9.17) is 4.74 Å². The summed E-state index contributed by atoms with van der Waals surface area (Å²) in [7, 11) is 0. The van der Waals surface area contributed by atoms with Crippen molar-refractivity contribution in [3.63, 3.8) is 0 Å². The number of carbonyl (C=O) groups excluding carboxylic acids is 1. The molecule has 1 atom stereocenters. The molecule has 0 bridgehead atoms. The van der Waals surface area contributed by atoms with E-state index in [2.05, 4.69) is 4.98 Å². The molecule has 4 rings (SSSR count). The summed E-state index contributed by atoms with van der Waals surface area (Å²) < 4.78 is 33.9. The number of H-pyrrole nitrogens is 1. The van der Waals surface area contributed by atoms with Crippen molar-refractivity contribution in [3.05, 3.63) is 36.0 Å². The average Bonchev–Trinajstić information content (AvgIpc) is 3.30. The molecule has 1 N–H and O–H groups in total. The molecule has 4 nitrogen and oxygen atoms in total. The van der Waals surface area contributed by atoms with Crippen molar-refractivity contribution in [2.75, 3.05) is 26.3 Å².